The van der Waals surface area contributed by atoms with Crippen LogP contribution >= 0.6 is 0 Å². The van der Waals surface area contributed by atoms with Gasteiger partial charge in [-0.1, -0.05) is 12.8 Å². The predicted octanol–water partition coefficient (Wildman–Crippen LogP) is 3.20. The molecule has 1 aliphatic carbocycles. The number of hydrogen-bond donors (Lipinski definition) is 1. The van der Waals surface area contributed by atoms with Gasteiger partial charge in [-0.15, -0.1) is 0 Å². The van der Waals surface area contributed by atoms with E-state index < -0.39 is 5.82 Å². The first-order chi connectivity index (χ1) is 9.60. The first kappa shape index (κ1) is 13.4. The number of carbonyl (C=O) groups is 1. The highest BCUT2D eigenvalue weighted by Gasteiger charge is 2.38. The molecule has 108 valence electrons. The van der Waals surface area contributed by atoms with Crippen LogP contribution in [0.1, 0.15) is 48.9 Å². The Morgan fingerprint density at radius 1 is 1.15 bits per heavy atom. The summed E-state index contributed by atoms with van der Waals surface area (Å²) >= 11 is 0. The fourth-order valence-electron chi connectivity index (χ4n) is 3.65. The summed E-state index contributed by atoms with van der Waals surface area (Å²) in [7, 11) is 0. The van der Waals surface area contributed by atoms with Crippen molar-refractivity contribution in [1.82, 2.24) is 4.90 Å². The molecule has 1 heterocycles. The number of piperidine rings is 1. The van der Waals surface area contributed by atoms with Gasteiger partial charge in [-0.05, 0) is 49.3 Å². The Kier molecular flexibility index (Phi) is 3.40. The lowest BCUT2D eigenvalue weighted by Crippen LogP contribution is -2.42. The van der Waals surface area contributed by atoms with Gasteiger partial charge in [-0.2, -0.15) is 0 Å². The second-order valence-corrected chi connectivity index (χ2v) is 6.24. The van der Waals surface area contributed by atoms with E-state index >= 15 is 0 Å². The van der Waals surface area contributed by atoms with E-state index in [4.69, 9.17) is 5.73 Å². The lowest BCUT2D eigenvalue weighted by Gasteiger charge is -2.39. The molecule has 1 aromatic carbocycles. The fourth-order valence-corrected chi connectivity index (χ4v) is 3.65. The van der Waals surface area contributed by atoms with Gasteiger partial charge in [0.15, 0.2) is 0 Å². The molecule has 1 amide bonds. The summed E-state index contributed by atoms with van der Waals surface area (Å²) in [5.41, 5.74) is 6.43. The third-order valence-electron chi connectivity index (χ3n) is 5.02. The Morgan fingerprint density at radius 3 is 2.40 bits per heavy atom. The van der Waals surface area contributed by atoms with Crippen LogP contribution in [0.2, 0.25) is 0 Å². The van der Waals surface area contributed by atoms with Crippen molar-refractivity contribution in [2.75, 3.05) is 18.8 Å². The van der Waals surface area contributed by atoms with Gasteiger partial charge < -0.3 is 10.6 Å². The van der Waals surface area contributed by atoms with Crippen molar-refractivity contribution < 1.29 is 9.18 Å². The van der Waals surface area contributed by atoms with Crippen LogP contribution in [0.15, 0.2) is 18.2 Å². The Balaban J connectivity index is 1.68. The Bertz CT molecular complexity index is 513. The molecule has 3 nitrogen and oxygen atoms in total. The van der Waals surface area contributed by atoms with Gasteiger partial charge in [0, 0.05) is 18.7 Å². The zero-order valence-electron chi connectivity index (χ0n) is 11.7. The normalized spacial score (nSPS) is 21.4. The molecular formula is C16H21FN2O. The molecule has 2 fully saturated rings. The molecule has 0 bridgehead atoms. The first-order valence-electron chi connectivity index (χ1n) is 7.44. The smallest absolute Gasteiger partial charge is 0.253 e. The van der Waals surface area contributed by atoms with Crippen LogP contribution in [0.3, 0.4) is 0 Å². The maximum atomic E-state index is 13.5. The van der Waals surface area contributed by atoms with Gasteiger partial charge in [-0.3, -0.25) is 4.79 Å². The molecule has 2 N–H and O–H groups in total. The highest BCUT2D eigenvalue weighted by molar-refractivity contribution is 5.94. The maximum Gasteiger partial charge on any atom is 0.253 e. The molecule has 0 radical (unpaired) electrons. The molecule has 4 heteroatoms. The third-order valence-corrected chi connectivity index (χ3v) is 5.02. The van der Waals surface area contributed by atoms with Gasteiger partial charge in [0.25, 0.3) is 5.91 Å². The number of halogens is 1. The number of hydrogen-bond acceptors (Lipinski definition) is 2. The highest BCUT2D eigenvalue weighted by Crippen LogP contribution is 2.46. The van der Waals surface area contributed by atoms with Crippen LogP contribution in [-0.4, -0.2) is 23.9 Å². The van der Waals surface area contributed by atoms with Crippen molar-refractivity contribution in [3.63, 3.8) is 0 Å². The van der Waals surface area contributed by atoms with Gasteiger partial charge in [0.1, 0.15) is 5.82 Å². The first-order valence-corrected chi connectivity index (χ1v) is 7.44. The number of nitrogens with zero attached hydrogens (tertiary/aromatic N) is 1. The lowest BCUT2D eigenvalue weighted by molar-refractivity contribution is 0.0587. The molecule has 3 rings (SSSR count). The van der Waals surface area contributed by atoms with E-state index in [1.165, 1.54) is 37.8 Å². The Morgan fingerprint density at radius 2 is 1.80 bits per heavy atom. The monoisotopic (exact) mass is 276 g/mol. The molecular weight excluding hydrogens is 255 g/mol. The zero-order chi connectivity index (χ0) is 14.2. The van der Waals surface area contributed by atoms with Gasteiger partial charge >= 0.3 is 0 Å². The van der Waals surface area contributed by atoms with E-state index in [2.05, 4.69) is 0 Å². The summed E-state index contributed by atoms with van der Waals surface area (Å²) in [6.45, 7) is 1.59. The van der Waals surface area contributed by atoms with Crippen molar-refractivity contribution in [1.29, 1.82) is 0 Å². The van der Waals surface area contributed by atoms with Gasteiger partial charge in [0.2, 0.25) is 0 Å². The second kappa shape index (κ2) is 5.08. The summed E-state index contributed by atoms with van der Waals surface area (Å²) in [6, 6.07) is 4.32. The van der Waals surface area contributed by atoms with Crippen LogP contribution in [0.25, 0.3) is 0 Å². The standard InChI is InChI=1S/C16H21FN2O/c17-13-11-12(3-4-14(13)18)15(20)19-9-7-16(8-10-19)5-1-2-6-16/h3-4,11H,1-2,5-10,18H2. The number of nitrogens with two attached hydrogens (primary N) is 1. The summed E-state index contributed by atoms with van der Waals surface area (Å²) < 4.78 is 13.5. The molecule has 0 aromatic heterocycles. The average molecular weight is 276 g/mol. The average Bonchev–Trinajstić information content (AvgIpc) is 2.90. The van der Waals surface area contributed by atoms with E-state index in [0.717, 1.165) is 25.9 Å². The largest absolute Gasteiger partial charge is 0.396 e. The SMILES string of the molecule is Nc1ccc(C(=O)N2CCC3(CCCC3)CC2)cc1F. The van der Waals surface area contributed by atoms with Gasteiger partial charge in [0.05, 0.1) is 5.69 Å². The van der Waals surface area contributed by atoms with Crippen LogP contribution in [-0.2, 0) is 0 Å². The molecule has 1 aromatic rings. The van der Waals surface area contributed by atoms with E-state index in [9.17, 15) is 9.18 Å². The molecule has 2 aliphatic rings. The van der Waals surface area contributed by atoms with E-state index in [1.807, 2.05) is 4.90 Å². The number of rotatable bonds is 1. The van der Waals surface area contributed by atoms with Gasteiger partial charge in [-0.25, -0.2) is 4.39 Å². The molecule has 0 atom stereocenters. The van der Waals surface area contributed by atoms with Crippen LogP contribution in [0.5, 0.6) is 0 Å². The molecule has 1 spiro atoms. The number of nitrogen functional groups attached to an aromatic ring is 1. The third kappa shape index (κ3) is 2.39. The molecule has 20 heavy (non-hydrogen) atoms. The van der Waals surface area contributed by atoms with Crippen molar-refractivity contribution >= 4 is 11.6 Å². The van der Waals surface area contributed by atoms with E-state index in [1.54, 1.807) is 6.07 Å². The quantitative estimate of drug-likeness (QED) is 0.801. The number of carbonyl (C=O) groups excluding carboxylic acids is 1. The fraction of sp³-hybridized carbons (Fsp3) is 0.562. The molecule has 0 unspecified atom stereocenters. The van der Waals surface area contributed by atoms with Crippen LogP contribution in [0, 0.1) is 11.2 Å². The summed E-state index contributed by atoms with van der Waals surface area (Å²) in [5, 5.41) is 0. The summed E-state index contributed by atoms with van der Waals surface area (Å²) in [4.78, 5) is 14.2. The molecule has 1 aliphatic heterocycles. The van der Waals surface area contributed by atoms with E-state index in [-0.39, 0.29) is 11.6 Å². The van der Waals surface area contributed by atoms with Crippen LogP contribution in [0.4, 0.5) is 10.1 Å². The van der Waals surface area contributed by atoms with Crippen molar-refractivity contribution in [3.05, 3.63) is 29.6 Å². The molecule has 1 saturated carbocycles. The minimum atomic E-state index is -0.514. The number of benzene rings is 1. The van der Waals surface area contributed by atoms with E-state index in [0.29, 0.717) is 11.0 Å². The van der Waals surface area contributed by atoms with Crippen molar-refractivity contribution in [2.24, 2.45) is 5.41 Å². The number of amides is 1. The predicted molar refractivity (Wildman–Crippen MR) is 76.9 cm³/mol. The minimum absolute atomic E-state index is 0.0725. The van der Waals surface area contributed by atoms with Crippen molar-refractivity contribution in [2.45, 2.75) is 38.5 Å². The summed E-state index contributed by atoms with van der Waals surface area (Å²) in [6.07, 6.45) is 7.47. The second-order valence-electron chi connectivity index (χ2n) is 6.24. The minimum Gasteiger partial charge on any atom is -0.396 e. The lowest BCUT2D eigenvalue weighted by atomic mass is 9.77. The maximum absolute atomic E-state index is 13.5. The van der Waals surface area contributed by atoms with Crippen LogP contribution < -0.4 is 5.73 Å². The topological polar surface area (TPSA) is 46.3 Å². The Hall–Kier alpha value is -1.58. The summed E-state index contributed by atoms with van der Waals surface area (Å²) in [5.74, 6) is -0.586. The highest BCUT2D eigenvalue weighted by atomic mass is 19.1. The number of likely N-dealkylation sites (tertiary alicyclic amines) is 1. The Labute approximate surface area is 118 Å². The number of anilines is 1. The zero-order valence-corrected chi connectivity index (χ0v) is 11.7. The van der Waals surface area contributed by atoms with Crippen molar-refractivity contribution in [3.8, 4) is 0 Å². The molecule has 1 saturated heterocycles.